The Morgan fingerprint density at radius 2 is 1.80 bits per heavy atom. The van der Waals surface area contributed by atoms with Gasteiger partial charge in [-0.2, -0.15) is 5.26 Å². The smallest absolute Gasteiger partial charge is 0.335 e. The second kappa shape index (κ2) is 8.76. The summed E-state index contributed by atoms with van der Waals surface area (Å²) in [4.78, 5) is 11.4. The first-order chi connectivity index (χ1) is 16.6. The molecule has 35 heavy (non-hydrogen) atoms. The van der Waals surface area contributed by atoms with Crippen LogP contribution < -0.4 is 4.74 Å². The lowest BCUT2D eigenvalue weighted by atomic mass is 9.82. The number of carbonyl (C=O) groups is 1. The van der Waals surface area contributed by atoms with Crippen molar-refractivity contribution in [1.29, 1.82) is 5.26 Å². The number of carboxylic acid groups (broad SMARTS) is 1. The number of aromatic nitrogens is 1. The highest BCUT2D eigenvalue weighted by Gasteiger charge is 2.33. The summed E-state index contributed by atoms with van der Waals surface area (Å²) in [6.07, 6.45) is 0.0745. The molecule has 3 aromatic carbocycles. The molecule has 0 radical (unpaired) electrons. The molecule has 8 heteroatoms. The second-order valence-corrected chi connectivity index (χ2v) is 8.80. The van der Waals surface area contributed by atoms with Crippen LogP contribution >= 0.6 is 0 Å². The molecular formula is C27H22F2N2O4. The van der Waals surface area contributed by atoms with Gasteiger partial charge < -0.3 is 19.5 Å². The number of rotatable bonds is 6. The monoisotopic (exact) mass is 476 g/mol. The van der Waals surface area contributed by atoms with E-state index in [9.17, 15) is 29.1 Å². The van der Waals surface area contributed by atoms with Gasteiger partial charge in [-0.1, -0.05) is 19.9 Å². The molecule has 0 saturated carbocycles. The third kappa shape index (κ3) is 4.06. The summed E-state index contributed by atoms with van der Waals surface area (Å²) in [6.45, 7) is 3.68. The van der Waals surface area contributed by atoms with Gasteiger partial charge in [-0.15, -0.1) is 0 Å². The molecule has 1 heterocycles. The molecule has 0 spiro atoms. The van der Waals surface area contributed by atoms with Crippen LogP contribution in [0.15, 0.2) is 54.6 Å². The van der Waals surface area contributed by atoms with E-state index < -0.39 is 23.0 Å². The highest BCUT2D eigenvalue weighted by Crippen LogP contribution is 2.47. The Morgan fingerprint density at radius 3 is 2.40 bits per heavy atom. The van der Waals surface area contributed by atoms with E-state index >= 15 is 0 Å². The van der Waals surface area contributed by atoms with Gasteiger partial charge in [-0.05, 0) is 48.0 Å². The number of aromatic hydroxyl groups is 1. The maximum Gasteiger partial charge on any atom is 0.335 e. The number of ether oxygens (including phenoxy) is 1. The highest BCUT2D eigenvalue weighted by atomic mass is 19.1. The van der Waals surface area contributed by atoms with Crippen molar-refractivity contribution in [2.45, 2.75) is 25.7 Å². The number of benzene rings is 3. The number of phenolic OH excluding ortho intramolecular Hbond substituents is 1. The van der Waals surface area contributed by atoms with Crippen molar-refractivity contribution in [2.75, 3.05) is 7.11 Å². The summed E-state index contributed by atoms with van der Waals surface area (Å²) < 4.78 is 35.6. The molecule has 0 bridgehead atoms. The minimum Gasteiger partial charge on any atom is -0.506 e. The molecule has 0 fully saturated rings. The lowest BCUT2D eigenvalue weighted by Crippen LogP contribution is -2.21. The minimum atomic E-state index is -1.09. The number of carboxylic acids is 1. The molecule has 1 aromatic heterocycles. The van der Waals surface area contributed by atoms with Gasteiger partial charge in [0.1, 0.15) is 11.6 Å². The standard InChI is InChI=1S/C27H22F2N2O4/c1-27(2,10-11-30)25-23(16-6-9-20(29)22(12-16)35-3)19-13-17(28)14-21(32)24(19)31(25)18-7-4-15(5-8-18)26(33)34/h4-9,12-14,32H,10H2,1-3H3,(H,33,34). The van der Waals surface area contributed by atoms with Crippen LogP contribution in [0.4, 0.5) is 8.78 Å². The number of hydrogen-bond acceptors (Lipinski definition) is 4. The van der Waals surface area contributed by atoms with Crippen LogP contribution in [0.3, 0.4) is 0 Å². The number of methoxy groups -OCH3 is 1. The lowest BCUT2D eigenvalue weighted by Gasteiger charge is -2.27. The summed E-state index contributed by atoms with van der Waals surface area (Å²) in [6, 6.07) is 14.7. The van der Waals surface area contributed by atoms with E-state index in [0.29, 0.717) is 27.9 Å². The van der Waals surface area contributed by atoms with Crippen LogP contribution in [0.5, 0.6) is 11.5 Å². The molecule has 0 aliphatic rings. The zero-order valence-electron chi connectivity index (χ0n) is 19.3. The van der Waals surface area contributed by atoms with Crippen molar-refractivity contribution in [3.63, 3.8) is 0 Å². The van der Waals surface area contributed by atoms with Crippen LogP contribution in [0.25, 0.3) is 27.7 Å². The molecule has 178 valence electrons. The summed E-state index contributed by atoms with van der Waals surface area (Å²) in [5.74, 6) is -2.69. The van der Waals surface area contributed by atoms with E-state index in [1.54, 1.807) is 16.7 Å². The van der Waals surface area contributed by atoms with Gasteiger partial charge in [-0.25, -0.2) is 13.6 Å². The molecule has 0 unspecified atom stereocenters. The second-order valence-electron chi connectivity index (χ2n) is 8.80. The summed E-state index contributed by atoms with van der Waals surface area (Å²) in [5, 5.41) is 30.1. The summed E-state index contributed by atoms with van der Waals surface area (Å²) >= 11 is 0. The third-order valence-electron chi connectivity index (χ3n) is 5.98. The number of hydrogen-bond donors (Lipinski definition) is 2. The van der Waals surface area contributed by atoms with Crippen molar-refractivity contribution in [2.24, 2.45) is 0 Å². The topological polar surface area (TPSA) is 95.5 Å². The van der Waals surface area contributed by atoms with Crippen LogP contribution in [-0.4, -0.2) is 27.9 Å². The summed E-state index contributed by atoms with van der Waals surface area (Å²) in [7, 11) is 1.33. The first-order valence-electron chi connectivity index (χ1n) is 10.7. The number of fused-ring (bicyclic) bond motifs is 1. The lowest BCUT2D eigenvalue weighted by molar-refractivity contribution is 0.0697. The van der Waals surface area contributed by atoms with Crippen molar-refractivity contribution in [3.05, 3.63) is 77.5 Å². The predicted octanol–water partition coefficient (Wildman–Crippen LogP) is 6.18. The van der Waals surface area contributed by atoms with Crippen molar-refractivity contribution < 1.29 is 28.5 Å². The Kier molecular flexibility index (Phi) is 5.95. The van der Waals surface area contributed by atoms with Crippen LogP contribution in [0, 0.1) is 23.0 Å². The zero-order valence-corrected chi connectivity index (χ0v) is 19.3. The van der Waals surface area contributed by atoms with Crippen molar-refractivity contribution in [1.82, 2.24) is 4.57 Å². The van der Waals surface area contributed by atoms with Crippen LogP contribution in [-0.2, 0) is 5.41 Å². The fourth-order valence-corrected chi connectivity index (χ4v) is 4.40. The average Bonchev–Trinajstić information content (AvgIpc) is 3.15. The fraction of sp³-hybridized carbons (Fsp3) is 0.185. The van der Waals surface area contributed by atoms with Gasteiger partial charge in [0.2, 0.25) is 0 Å². The maximum absolute atomic E-state index is 14.6. The largest absolute Gasteiger partial charge is 0.506 e. The number of nitrogens with zero attached hydrogens (tertiary/aromatic N) is 2. The van der Waals surface area contributed by atoms with Gasteiger partial charge in [0.25, 0.3) is 0 Å². The first-order valence-corrected chi connectivity index (χ1v) is 10.7. The zero-order chi connectivity index (χ0) is 25.5. The van der Waals surface area contributed by atoms with E-state index in [-0.39, 0.29) is 29.0 Å². The Balaban J connectivity index is 2.20. The molecule has 6 nitrogen and oxygen atoms in total. The van der Waals surface area contributed by atoms with Crippen LogP contribution in [0.2, 0.25) is 0 Å². The van der Waals surface area contributed by atoms with Crippen molar-refractivity contribution in [3.8, 4) is 34.4 Å². The maximum atomic E-state index is 14.6. The number of halogens is 2. The van der Waals surface area contributed by atoms with Crippen LogP contribution in [0.1, 0.15) is 36.3 Å². The Morgan fingerprint density at radius 1 is 1.11 bits per heavy atom. The number of nitriles is 1. The van der Waals surface area contributed by atoms with Gasteiger partial charge in [-0.3, -0.25) is 0 Å². The van der Waals surface area contributed by atoms with E-state index in [2.05, 4.69) is 6.07 Å². The number of aromatic carboxylic acids is 1. The molecule has 0 atom stereocenters. The molecule has 0 saturated heterocycles. The molecule has 4 rings (SSSR count). The minimum absolute atomic E-state index is 0.0149. The normalized spacial score (nSPS) is 11.4. The van der Waals surface area contributed by atoms with Gasteiger partial charge >= 0.3 is 5.97 Å². The average molecular weight is 476 g/mol. The van der Waals surface area contributed by atoms with E-state index in [1.807, 2.05) is 13.8 Å². The number of phenols is 1. The van der Waals surface area contributed by atoms with Crippen molar-refractivity contribution >= 4 is 16.9 Å². The Labute approximate surface area is 200 Å². The predicted molar refractivity (Wildman–Crippen MR) is 127 cm³/mol. The van der Waals surface area contributed by atoms with E-state index in [4.69, 9.17) is 4.74 Å². The van der Waals surface area contributed by atoms with E-state index in [1.165, 1.54) is 43.5 Å². The van der Waals surface area contributed by atoms with Gasteiger partial charge in [0.15, 0.2) is 11.6 Å². The fourth-order valence-electron chi connectivity index (χ4n) is 4.40. The first kappa shape index (κ1) is 23.8. The Bertz CT molecular complexity index is 1500. The molecule has 0 aliphatic carbocycles. The van der Waals surface area contributed by atoms with Gasteiger partial charge in [0, 0.05) is 40.2 Å². The van der Waals surface area contributed by atoms with E-state index in [0.717, 1.165) is 6.07 Å². The Hall–Kier alpha value is -4.38. The molecule has 4 aromatic rings. The molecule has 0 amide bonds. The highest BCUT2D eigenvalue weighted by molar-refractivity contribution is 6.02. The third-order valence-corrected chi connectivity index (χ3v) is 5.98. The SMILES string of the molecule is COc1cc(-c2c(C(C)(C)CC#N)n(-c3ccc(C(=O)O)cc3)c3c(O)cc(F)cc23)ccc1F. The quantitative estimate of drug-likeness (QED) is 0.347. The molecular weight excluding hydrogens is 454 g/mol. The summed E-state index contributed by atoms with van der Waals surface area (Å²) in [5.41, 5.74) is 1.58. The molecule has 0 aliphatic heterocycles. The van der Waals surface area contributed by atoms with Gasteiger partial charge in [0.05, 0.1) is 24.3 Å². The molecule has 2 N–H and O–H groups in total.